The molecule has 4 aromatic rings. The fourth-order valence-corrected chi connectivity index (χ4v) is 4.03. The van der Waals surface area contributed by atoms with Gasteiger partial charge in [-0.05, 0) is 19.9 Å². The second-order valence-electron chi connectivity index (χ2n) is 6.90. The molecule has 29 heavy (non-hydrogen) atoms. The van der Waals surface area contributed by atoms with Crippen molar-refractivity contribution in [3.05, 3.63) is 54.1 Å². The van der Waals surface area contributed by atoms with E-state index >= 15 is 0 Å². The minimum absolute atomic E-state index is 0.0492. The average molecular weight is 399 g/mol. The van der Waals surface area contributed by atoms with Crippen molar-refractivity contribution in [2.45, 2.75) is 25.9 Å². The number of pyridine rings is 1. The van der Waals surface area contributed by atoms with Crippen LogP contribution in [0.1, 0.15) is 17.3 Å². The van der Waals surface area contributed by atoms with E-state index in [-0.39, 0.29) is 5.82 Å². The van der Waals surface area contributed by atoms with Gasteiger partial charge in [-0.2, -0.15) is 18.2 Å². The quantitative estimate of drug-likeness (QED) is 0.350. The molecule has 0 fully saturated rings. The van der Waals surface area contributed by atoms with Gasteiger partial charge in [0.15, 0.2) is 6.20 Å². The lowest BCUT2D eigenvalue weighted by Crippen LogP contribution is -2.77. The molecule has 0 amide bonds. The van der Waals surface area contributed by atoms with Gasteiger partial charge in [0.2, 0.25) is 17.8 Å². The van der Waals surface area contributed by atoms with Gasteiger partial charge < -0.3 is 0 Å². The number of hydrogen-bond donors (Lipinski definition) is 0. The van der Waals surface area contributed by atoms with Crippen LogP contribution in [0.25, 0.3) is 23.0 Å². The molecule has 0 aromatic carbocycles. The number of alkyl halides is 3. The summed E-state index contributed by atoms with van der Waals surface area (Å²) in [6, 6.07) is 5.46. The summed E-state index contributed by atoms with van der Waals surface area (Å²) < 4.78 is 46.7. The van der Waals surface area contributed by atoms with Crippen LogP contribution in [-0.2, 0) is 12.1 Å². The average Bonchev–Trinajstić information content (AvgIpc) is 3.37. The molecule has 0 aliphatic carbocycles. The summed E-state index contributed by atoms with van der Waals surface area (Å²) in [4.78, 5) is 12.5. The molecule has 0 saturated carbocycles. The summed E-state index contributed by atoms with van der Waals surface area (Å²) in [6.07, 6.45) is 0.313. The van der Waals surface area contributed by atoms with E-state index in [2.05, 4.69) is 25.1 Å². The molecule has 1 atom stereocenters. The van der Waals surface area contributed by atoms with Gasteiger partial charge in [0.05, 0.1) is 0 Å². The maximum absolute atomic E-state index is 13.5. The minimum Gasteiger partial charge on any atom is -0.248 e. The molecule has 4 aromatic heterocycles. The predicted molar refractivity (Wildman–Crippen MR) is 87.7 cm³/mol. The first-order chi connectivity index (χ1) is 13.8. The summed E-state index contributed by atoms with van der Waals surface area (Å²) in [6.45, 7) is 3.53. The standard InChI is InChI=1S/C17H12F3N9/c1-9-8-27-12(7-21-9)14-23-15(16(18,19)20)25-29(14)17(27)26-6-4-3-5-11(26)13-22-10(2)24-28(13)17/h3-8H,1-2H3/q+2. The lowest BCUT2D eigenvalue weighted by atomic mass is 10.3. The maximum Gasteiger partial charge on any atom is 0.586 e. The summed E-state index contributed by atoms with van der Waals surface area (Å²) in [5.41, 5.74) is 1.76. The van der Waals surface area contributed by atoms with Crippen LogP contribution in [0.4, 0.5) is 13.2 Å². The molecule has 12 heteroatoms. The van der Waals surface area contributed by atoms with Gasteiger partial charge in [-0.25, -0.2) is 9.97 Å². The minimum atomic E-state index is -4.69. The van der Waals surface area contributed by atoms with Gasteiger partial charge in [-0.3, -0.25) is 0 Å². The third-order valence-corrected chi connectivity index (χ3v) is 5.07. The van der Waals surface area contributed by atoms with E-state index in [0.717, 1.165) is 0 Å². The van der Waals surface area contributed by atoms with Crippen LogP contribution < -0.4 is 9.13 Å². The maximum atomic E-state index is 13.5. The first kappa shape index (κ1) is 16.3. The first-order valence-corrected chi connectivity index (χ1v) is 8.71. The van der Waals surface area contributed by atoms with Crippen LogP contribution in [0.15, 0.2) is 36.8 Å². The molecule has 0 N–H and O–H groups in total. The Morgan fingerprint density at radius 2 is 1.72 bits per heavy atom. The van der Waals surface area contributed by atoms with Gasteiger partial charge in [0.25, 0.3) is 17.2 Å². The Kier molecular flexibility index (Phi) is 2.71. The van der Waals surface area contributed by atoms with E-state index in [1.165, 1.54) is 10.9 Å². The molecule has 2 aliphatic heterocycles. The first-order valence-electron chi connectivity index (χ1n) is 8.71. The van der Waals surface area contributed by atoms with Crippen LogP contribution in [0, 0.1) is 13.8 Å². The van der Waals surface area contributed by atoms with Crippen LogP contribution in [0.2, 0.25) is 0 Å². The third-order valence-electron chi connectivity index (χ3n) is 5.07. The van der Waals surface area contributed by atoms with Crippen LogP contribution in [0.5, 0.6) is 0 Å². The number of hydrogen-bond acceptors (Lipinski definition) is 5. The highest BCUT2D eigenvalue weighted by molar-refractivity contribution is 5.51. The van der Waals surface area contributed by atoms with Crippen molar-refractivity contribution >= 4 is 0 Å². The van der Waals surface area contributed by atoms with E-state index in [0.29, 0.717) is 28.7 Å². The van der Waals surface area contributed by atoms with Crippen molar-refractivity contribution in [1.29, 1.82) is 0 Å². The van der Waals surface area contributed by atoms with Crippen LogP contribution in [-0.4, -0.2) is 34.5 Å². The lowest BCUT2D eigenvalue weighted by molar-refractivity contribution is -0.990. The largest absolute Gasteiger partial charge is 0.586 e. The fourth-order valence-electron chi connectivity index (χ4n) is 4.03. The van der Waals surface area contributed by atoms with E-state index in [4.69, 9.17) is 0 Å². The zero-order valence-corrected chi connectivity index (χ0v) is 15.1. The number of nitrogens with zero attached hydrogens (tertiary/aromatic N) is 9. The summed E-state index contributed by atoms with van der Waals surface area (Å²) >= 11 is 0. The molecule has 1 unspecified atom stereocenters. The normalized spacial score (nSPS) is 18.7. The molecule has 1 spiro atoms. The topological polar surface area (TPSA) is 82.1 Å². The van der Waals surface area contributed by atoms with Crippen molar-refractivity contribution in [3.63, 3.8) is 0 Å². The van der Waals surface area contributed by atoms with E-state index < -0.39 is 17.9 Å². The van der Waals surface area contributed by atoms with Crippen molar-refractivity contribution in [3.8, 4) is 23.0 Å². The highest BCUT2D eigenvalue weighted by Gasteiger charge is 2.71. The Labute approximate surface area is 160 Å². The highest BCUT2D eigenvalue weighted by Crippen LogP contribution is 2.37. The van der Waals surface area contributed by atoms with Gasteiger partial charge in [0.1, 0.15) is 17.7 Å². The number of fused-ring (bicyclic) bond motifs is 10. The monoisotopic (exact) mass is 399 g/mol. The van der Waals surface area contributed by atoms with Gasteiger partial charge in [0, 0.05) is 12.1 Å². The Balaban J connectivity index is 1.82. The molecule has 2 aliphatic rings. The lowest BCUT2D eigenvalue weighted by Gasteiger charge is -2.15. The highest BCUT2D eigenvalue weighted by atomic mass is 19.4. The smallest absolute Gasteiger partial charge is 0.248 e. The van der Waals surface area contributed by atoms with Gasteiger partial charge in [-0.15, -0.1) is 10.2 Å². The summed E-state index contributed by atoms with van der Waals surface area (Å²) in [5, 5.41) is 8.38. The van der Waals surface area contributed by atoms with E-state index in [1.807, 2.05) is 12.1 Å². The molecule has 6 rings (SSSR count). The molecule has 144 valence electrons. The second kappa shape index (κ2) is 4.82. The van der Waals surface area contributed by atoms with E-state index in [1.54, 1.807) is 46.1 Å². The fraction of sp³-hybridized carbons (Fsp3) is 0.235. The molecule has 6 heterocycles. The van der Waals surface area contributed by atoms with Gasteiger partial charge >= 0.3 is 12.1 Å². The molecule has 0 bridgehead atoms. The molecule has 9 nitrogen and oxygen atoms in total. The third kappa shape index (κ3) is 1.78. The molecule has 0 saturated heterocycles. The zero-order chi connectivity index (χ0) is 20.1. The second-order valence-corrected chi connectivity index (χ2v) is 6.90. The van der Waals surface area contributed by atoms with E-state index in [9.17, 15) is 13.2 Å². The number of halogens is 3. The Morgan fingerprint density at radius 1 is 0.966 bits per heavy atom. The number of rotatable bonds is 0. The van der Waals surface area contributed by atoms with Crippen molar-refractivity contribution in [2.24, 2.45) is 0 Å². The Morgan fingerprint density at radius 3 is 2.52 bits per heavy atom. The van der Waals surface area contributed by atoms with Crippen LogP contribution >= 0.6 is 0 Å². The SMILES string of the molecule is Cc1c[n+]2c(cn1)-c1nc(C(F)(F)F)nn1C21n2nc(C)nc2-c2cccc[n+]21. The molecular formula is C17H12F3N9+2. The Hall–Kier alpha value is -3.70. The molecular weight excluding hydrogens is 387 g/mol. The van der Waals surface area contributed by atoms with Crippen molar-refractivity contribution in [2.75, 3.05) is 0 Å². The van der Waals surface area contributed by atoms with Gasteiger partial charge in [-0.1, -0.05) is 18.5 Å². The summed E-state index contributed by atoms with van der Waals surface area (Å²) in [5.74, 6) is -1.56. The van der Waals surface area contributed by atoms with Crippen molar-refractivity contribution < 1.29 is 22.3 Å². The number of aryl methyl sites for hydroxylation is 2. The number of aromatic nitrogens is 9. The predicted octanol–water partition coefficient (Wildman–Crippen LogP) is 0.649. The van der Waals surface area contributed by atoms with Crippen LogP contribution in [0.3, 0.4) is 0 Å². The van der Waals surface area contributed by atoms with Crippen molar-refractivity contribution in [1.82, 2.24) is 34.5 Å². The molecule has 0 radical (unpaired) electrons. The zero-order valence-electron chi connectivity index (χ0n) is 15.1. The summed E-state index contributed by atoms with van der Waals surface area (Å²) in [7, 11) is 0. The Bertz CT molecular complexity index is 1340.